The molecule has 0 radical (unpaired) electrons. The number of hydrogen-bond acceptors (Lipinski definition) is 4. The van der Waals surface area contributed by atoms with Gasteiger partial charge in [-0.15, -0.1) is 0 Å². The normalized spacial score (nSPS) is 23.0. The Morgan fingerprint density at radius 1 is 1.03 bits per heavy atom. The molecule has 1 saturated heterocycles. The molecule has 35 heavy (non-hydrogen) atoms. The minimum absolute atomic E-state index is 0.0872. The van der Waals surface area contributed by atoms with Crippen molar-refractivity contribution in [2.45, 2.75) is 38.0 Å². The maximum absolute atomic E-state index is 14.0. The zero-order valence-corrected chi connectivity index (χ0v) is 19.8. The van der Waals surface area contributed by atoms with Crippen LogP contribution in [0.5, 0.6) is 0 Å². The first-order valence-corrected chi connectivity index (χ1v) is 12.1. The molecular weight excluding hydrogens is 440 g/mol. The third kappa shape index (κ3) is 4.13. The molecule has 2 heterocycles. The number of ether oxygens (including phenoxy) is 1. The maximum Gasteiger partial charge on any atom is 0.268 e. The van der Waals surface area contributed by atoms with Crippen LogP contribution in [0.2, 0.25) is 0 Å². The quantitative estimate of drug-likeness (QED) is 0.556. The number of nitrogens with zero attached hydrogens (tertiary/aromatic N) is 2. The number of aliphatic hydroxyl groups excluding tert-OH is 1. The smallest absolute Gasteiger partial charge is 0.268 e. The summed E-state index contributed by atoms with van der Waals surface area (Å²) in [4.78, 5) is 30.6. The number of carbonyl (C=O) groups is 2. The van der Waals surface area contributed by atoms with Crippen LogP contribution in [0.4, 0.5) is 11.4 Å². The predicted molar refractivity (Wildman–Crippen MR) is 134 cm³/mol. The fourth-order valence-electron chi connectivity index (χ4n) is 5.45. The van der Waals surface area contributed by atoms with Gasteiger partial charge in [0.2, 0.25) is 5.91 Å². The van der Waals surface area contributed by atoms with Crippen LogP contribution < -0.4 is 4.90 Å². The number of rotatable bonds is 7. The number of para-hydroxylation sites is 2. The van der Waals surface area contributed by atoms with Gasteiger partial charge in [0, 0.05) is 30.3 Å². The number of aliphatic hydroxyl groups is 1. The highest BCUT2D eigenvalue weighted by Gasteiger charge is 2.60. The van der Waals surface area contributed by atoms with E-state index in [1.807, 2.05) is 91.9 Å². The van der Waals surface area contributed by atoms with Crippen LogP contribution in [0.15, 0.2) is 84.9 Å². The Balaban J connectivity index is 1.39. The molecule has 1 fully saturated rings. The average Bonchev–Trinajstić information content (AvgIpc) is 3.34. The second kappa shape index (κ2) is 9.64. The Kier molecular flexibility index (Phi) is 6.41. The summed E-state index contributed by atoms with van der Waals surface area (Å²) in [6, 6.07) is 27.1. The van der Waals surface area contributed by atoms with E-state index in [0.717, 1.165) is 22.5 Å². The summed E-state index contributed by atoms with van der Waals surface area (Å²) in [5.41, 5.74) is 2.37. The third-order valence-electron chi connectivity index (χ3n) is 7.08. The molecule has 2 aliphatic rings. The molecule has 3 aromatic rings. The number of fused-ring (bicyclic) bond motifs is 2. The molecule has 3 aromatic carbocycles. The zero-order valence-electron chi connectivity index (χ0n) is 19.8. The fourth-order valence-corrected chi connectivity index (χ4v) is 5.45. The van der Waals surface area contributed by atoms with E-state index in [9.17, 15) is 14.7 Å². The Bertz CT molecular complexity index is 1200. The lowest BCUT2D eigenvalue weighted by molar-refractivity contribution is -0.149. The van der Waals surface area contributed by atoms with E-state index < -0.39 is 5.60 Å². The second-order valence-corrected chi connectivity index (χ2v) is 9.33. The Labute approximate surface area is 205 Å². The van der Waals surface area contributed by atoms with Crippen LogP contribution in [-0.4, -0.2) is 41.1 Å². The molecular formula is C29H30N2O4. The van der Waals surface area contributed by atoms with Gasteiger partial charge in [-0.25, -0.2) is 0 Å². The van der Waals surface area contributed by atoms with Gasteiger partial charge in [0.15, 0.2) is 5.60 Å². The van der Waals surface area contributed by atoms with Crippen LogP contribution in [0.25, 0.3) is 0 Å². The van der Waals surface area contributed by atoms with E-state index in [0.29, 0.717) is 13.0 Å². The lowest BCUT2D eigenvalue weighted by atomic mass is 9.83. The van der Waals surface area contributed by atoms with Crippen LogP contribution in [0.1, 0.15) is 30.9 Å². The number of amides is 2. The SMILES string of the molecule is C[C@H]1C[C@@H](CC(=O)N(CCO)Cc2ccccc2)O[C@]12C(=O)N(c1ccccc1)c1ccccc12. The van der Waals surface area contributed by atoms with Crippen LogP contribution >= 0.6 is 0 Å². The van der Waals surface area contributed by atoms with E-state index in [2.05, 4.69) is 0 Å². The molecule has 0 aliphatic carbocycles. The molecule has 2 aliphatic heterocycles. The predicted octanol–water partition coefficient (Wildman–Crippen LogP) is 4.40. The molecule has 1 spiro atoms. The van der Waals surface area contributed by atoms with E-state index >= 15 is 0 Å². The highest BCUT2D eigenvalue weighted by molar-refractivity contribution is 6.12. The van der Waals surface area contributed by atoms with Gasteiger partial charge in [0.25, 0.3) is 5.91 Å². The van der Waals surface area contributed by atoms with Crippen LogP contribution in [0.3, 0.4) is 0 Å². The van der Waals surface area contributed by atoms with E-state index in [4.69, 9.17) is 4.74 Å². The molecule has 0 bridgehead atoms. The molecule has 6 heteroatoms. The van der Waals surface area contributed by atoms with Gasteiger partial charge in [-0.1, -0.05) is 73.7 Å². The van der Waals surface area contributed by atoms with Crippen molar-refractivity contribution in [3.63, 3.8) is 0 Å². The summed E-state index contributed by atoms with van der Waals surface area (Å²) < 4.78 is 6.56. The standard InChI is InChI=1S/C29H30N2O4/c1-21-18-24(19-27(33)30(16-17-32)20-22-10-4-2-5-11-22)35-29(21)25-14-8-9-15-26(25)31(28(29)34)23-12-6-3-7-13-23/h2-15,21,24,32H,16-20H2,1H3/t21-,24-,29+/m0/s1. The van der Waals surface area contributed by atoms with Crippen molar-refractivity contribution in [3.05, 3.63) is 96.1 Å². The van der Waals surface area contributed by atoms with Crippen molar-refractivity contribution in [3.8, 4) is 0 Å². The van der Waals surface area contributed by atoms with Crippen LogP contribution in [-0.2, 0) is 26.5 Å². The highest BCUT2D eigenvalue weighted by atomic mass is 16.5. The fraction of sp³-hybridized carbons (Fsp3) is 0.310. The van der Waals surface area contributed by atoms with Gasteiger partial charge in [0.1, 0.15) is 0 Å². The maximum atomic E-state index is 14.0. The zero-order chi connectivity index (χ0) is 24.4. The minimum atomic E-state index is -1.11. The topological polar surface area (TPSA) is 70.1 Å². The monoisotopic (exact) mass is 470 g/mol. The van der Waals surface area contributed by atoms with Gasteiger partial charge < -0.3 is 14.7 Å². The van der Waals surface area contributed by atoms with E-state index in [-0.39, 0.29) is 43.4 Å². The second-order valence-electron chi connectivity index (χ2n) is 9.33. The molecule has 3 atom stereocenters. The summed E-state index contributed by atoms with van der Waals surface area (Å²) in [5.74, 6) is -0.289. The minimum Gasteiger partial charge on any atom is -0.395 e. The lowest BCUT2D eigenvalue weighted by Crippen LogP contribution is -2.42. The molecule has 180 valence electrons. The summed E-state index contributed by atoms with van der Waals surface area (Å²) in [7, 11) is 0. The molecule has 5 rings (SSSR count). The van der Waals surface area contributed by atoms with Gasteiger partial charge >= 0.3 is 0 Å². The highest BCUT2D eigenvalue weighted by Crippen LogP contribution is 2.55. The third-order valence-corrected chi connectivity index (χ3v) is 7.08. The molecule has 1 N–H and O–H groups in total. The Morgan fingerprint density at radius 2 is 1.69 bits per heavy atom. The van der Waals surface area contributed by atoms with Crippen molar-refractivity contribution in [1.29, 1.82) is 0 Å². The van der Waals surface area contributed by atoms with Crippen molar-refractivity contribution in [1.82, 2.24) is 4.90 Å². The Hall–Kier alpha value is -3.48. The first-order valence-electron chi connectivity index (χ1n) is 12.1. The van der Waals surface area contributed by atoms with E-state index in [1.54, 1.807) is 9.80 Å². The van der Waals surface area contributed by atoms with Crippen molar-refractivity contribution in [2.24, 2.45) is 5.92 Å². The van der Waals surface area contributed by atoms with Gasteiger partial charge in [-0.05, 0) is 30.2 Å². The summed E-state index contributed by atoms with van der Waals surface area (Å²) >= 11 is 0. The summed E-state index contributed by atoms with van der Waals surface area (Å²) in [5, 5.41) is 9.54. The number of anilines is 2. The molecule has 0 saturated carbocycles. The van der Waals surface area contributed by atoms with Gasteiger partial charge in [-0.3, -0.25) is 14.5 Å². The van der Waals surface area contributed by atoms with Crippen LogP contribution in [0, 0.1) is 5.92 Å². The van der Waals surface area contributed by atoms with Gasteiger partial charge in [-0.2, -0.15) is 0 Å². The largest absolute Gasteiger partial charge is 0.395 e. The van der Waals surface area contributed by atoms with Crippen molar-refractivity contribution in [2.75, 3.05) is 18.1 Å². The molecule has 6 nitrogen and oxygen atoms in total. The molecule has 0 unspecified atom stereocenters. The number of benzene rings is 3. The van der Waals surface area contributed by atoms with Crippen molar-refractivity contribution >= 4 is 23.2 Å². The van der Waals surface area contributed by atoms with E-state index in [1.165, 1.54) is 0 Å². The number of hydrogen-bond donors (Lipinski definition) is 1. The molecule has 0 aromatic heterocycles. The lowest BCUT2D eigenvalue weighted by Gasteiger charge is -2.28. The number of carbonyl (C=O) groups excluding carboxylic acids is 2. The van der Waals surface area contributed by atoms with Crippen molar-refractivity contribution < 1.29 is 19.4 Å². The first kappa shape index (κ1) is 23.3. The summed E-state index contributed by atoms with van der Waals surface area (Å²) in [6.45, 7) is 2.60. The Morgan fingerprint density at radius 3 is 2.40 bits per heavy atom. The average molecular weight is 471 g/mol. The first-order chi connectivity index (χ1) is 17.0. The molecule has 2 amide bonds. The summed E-state index contributed by atoms with van der Waals surface area (Å²) in [6.07, 6.45) is 0.383. The van der Waals surface area contributed by atoms with Gasteiger partial charge in [0.05, 0.1) is 24.8 Å².